The Morgan fingerprint density at radius 3 is 1.64 bits per heavy atom. The largest absolute Gasteiger partial charge is 0.416 e. The minimum Gasteiger partial charge on any atom is -0.246 e. The second-order valence-corrected chi connectivity index (χ2v) is 7.12. The summed E-state index contributed by atoms with van der Waals surface area (Å²) in [5.41, 5.74) is -0.903. The number of alkyl halides is 6. The molecule has 5 rings (SSSR count). The fourth-order valence-corrected chi connectivity index (χ4v) is 3.32. The Bertz CT molecular complexity index is 1250. The van der Waals surface area contributed by atoms with Crippen molar-refractivity contribution >= 4 is 23.5 Å². The molecule has 0 N–H and O–H groups in total. The number of allylic oxidation sites excluding steroid dienone is 2. The molecule has 0 bridgehead atoms. The van der Waals surface area contributed by atoms with Crippen LogP contribution >= 0.6 is 0 Å². The number of rotatable bonds is 2. The molecule has 5 nitrogen and oxygen atoms in total. The lowest BCUT2D eigenvalue weighted by Gasteiger charge is -2.31. The van der Waals surface area contributed by atoms with Crippen molar-refractivity contribution in [3.63, 3.8) is 0 Å². The van der Waals surface area contributed by atoms with Gasteiger partial charge < -0.3 is 0 Å². The molecule has 0 fully saturated rings. The first-order valence-corrected chi connectivity index (χ1v) is 9.48. The Kier molecular flexibility index (Phi) is 4.59. The van der Waals surface area contributed by atoms with Crippen LogP contribution in [0, 0.1) is 0 Å². The molecule has 0 saturated carbocycles. The topological polar surface area (TPSA) is 52.7 Å². The van der Waals surface area contributed by atoms with Gasteiger partial charge in [-0.05, 0) is 36.4 Å². The van der Waals surface area contributed by atoms with Gasteiger partial charge in [-0.1, -0.05) is 30.3 Å². The van der Waals surface area contributed by atoms with Crippen LogP contribution in [0.1, 0.15) is 22.3 Å². The number of hydrogen-bond donors (Lipinski definition) is 0. The van der Waals surface area contributed by atoms with Crippen molar-refractivity contribution in [3.05, 3.63) is 94.8 Å². The summed E-state index contributed by atoms with van der Waals surface area (Å²) in [5, 5.41) is 0. The van der Waals surface area contributed by atoms with Crippen LogP contribution in [-0.2, 0) is 12.4 Å². The van der Waals surface area contributed by atoms with E-state index < -0.39 is 23.5 Å². The maximum absolute atomic E-state index is 12.9. The number of hydrogen-bond acceptors (Lipinski definition) is 5. The average molecular weight is 459 g/mol. The van der Waals surface area contributed by atoms with Crippen molar-refractivity contribution in [2.45, 2.75) is 12.4 Å². The quantitative estimate of drug-likeness (QED) is 0.554. The summed E-state index contributed by atoms with van der Waals surface area (Å²) in [7, 11) is 0. The van der Waals surface area contributed by atoms with Crippen LogP contribution in [0.25, 0.3) is 0 Å². The van der Waals surface area contributed by atoms with E-state index in [4.69, 9.17) is 0 Å². The van der Waals surface area contributed by atoms with Gasteiger partial charge in [0.05, 0.1) is 11.1 Å². The van der Waals surface area contributed by atoms with Gasteiger partial charge in [-0.25, -0.2) is 14.9 Å². The van der Waals surface area contributed by atoms with E-state index in [9.17, 15) is 26.3 Å². The Hall–Kier alpha value is -4.02. The van der Waals surface area contributed by atoms with Gasteiger partial charge in [0.1, 0.15) is 11.7 Å². The lowest BCUT2D eigenvalue weighted by atomic mass is 10.1. The molecule has 0 unspecified atom stereocenters. The first-order valence-electron chi connectivity index (χ1n) is 9.48. The van der Waals surface area contributed by atoms with E-state index in [-0.39, 0.29) is 17.6 Å². The molecule has 0 spiro atoms. The highest BCUT2D eigenvalue weighted by Crippen LogP contribution is 2.31. The third-order valence-corrected chi connectivity index (χ3v) is 4.94. The molecular formula is C22H11F6N5. The van der Waals surface area contributed by atoms with Crippen molar-refractivity contribution in [2.75, 3.05) is 0 Å². The van der Waals surface area contributed by atoms with Gasteiger partial charge in [0.25, 0.3) is 0 Å². The highest BCUT2D eigenvalue weighted by Gasteiger charge is 2.33. The summed E-state index contributed by atoms with van der Waals surface area (Å²) in [6, 6.07) is 8.79. The third kappa shape index (κ3) is 3.86. The average Bonchev–Trinajstić information content (AvgIpc) is 2.78. The van der Waals surface area contributed by atoms with Crippen molar-refractivity contribution < 1.29 is 26.3 Å². The molecule has 0 atom stereocenters. The molecule has 166 valence electrons. The minimum atomic E-state index is -4.47. The maximum atomic E-state index is 12.9. The first kappa shape index (κ1) is 20.9. The Balaban J connectivity index is 1.54. The molecule has 3 aliphatic rings. The predicted molar refractivity (Wildman–Crippen MR) is 110 cm³/mol. The highest BCUT2D eigenvalue weighted by atomic mass is 19.4. The van der Waals surface area contributed by atoms with Crippen LogP contribution in [0.4, 0.5) is 26.3 Å². The molecule has 11 heteroatoms. The van der Waals surface area contributed by atoms with Gasteiger partial charge in [-0.2, -0.15) is 36.3 Å². The van der Waals surface area contributed by atoms with E-state index in [0.29, 0.717) is 22.8 Å². The molecular weight excluding hydrogens is 448 g/mol. The molecule has 0 radical (unpaired) electrons. The van der Waals surface area contributed by atoms with Gasteiger partial charge in [-0.15, -0.1) is 0 Å². The molecule has 3 heterocycles. The van der Waals surface area contributed by atoms with Crippen molar-refractivity contribution in [2.24, 2.45) is 20.0 Å². The van der Waals surface area contributed by atoms with Crippen LogP contribution in [0.15, 0.2) is 92.5 Å². The lowest BCUT2D eigenvalue weighted by molar-refractivity contribution is -0.138. The van der Waals surface area contributed by atoms with Crippen LogP contribution in [0.5, 0.6) is 0 Å². The van der Waals surface area contributed by atoms with Crippen molar-refractivity contribution in [1.82, 2.24) is 4.90 Å². The number of aliphatic imine (C=N–C) groups is 4. The van der Waals surface area contributed by atoms with E-state index in [1.54, 1.807) is 23.1 Å². The van der Waals surface area contributed by atoms with Crippen LogP contribution in [0.2, 0.25) is 0 Å². The van der Waals surface area contributed by atoms with E-state index in [0.717, 1.165) is 24.3 Å². The number of nitrogens with zero attached hydrogens (tertiary/aromatic N) is 5. The second kappa shape index (κ2) is 7.26. The molecule has 2 aromatic carbocycles. The highest BCUT2D eigenvalue weighted by molar-refractivity contribution is 6.25. The van der Waals surface area contributed by atoms with Gasteiger partial charge in [0.15, 0.2) is 11.7 Å². The zero-order valence-corrected chi connectivity index (χ0v) is 16.4. The minimum absolute atomic E-state index is 0.147. The third-order valence-electron chi connectivity index (χ3n) is 4.94. The van der Waals surface area contributed by atoms with E-state index in [1.807, 2.05) is 0 Å². The van der Waals surface area contributed by atoms with E-state index >= 15 is 0 Å². The Labute approximate surface area is 182 Å². The number of benzene rings is 2. The van der Waals surface area contributed by atoms with Gasteiger partial charge >= 0.3 is 12.4 Å². The molecule has 33 heavy (non-hydrogen) atoms. The Morgan fingerprint density at radius 1 is 0.606 bits per heavy atom. The lowest BCUT2D eigenvalue weighted by Crippen LogP contribution is -2.41. The van der Waals surface area contributed by atoms with Crippen molar-refractivity contribution in [3.8, 4) is 0 Å². The zero-order chi connectivity index (χ0) is 23.4. The van der Waals surface area contributed by atoms with E-state index in [1.165, 1.54) is 24.3 Å². The maximum Gasteiger partial charge on any atom is 0.416 e. The summed E-state index contributed by atoms with van der Waals surface area (Å²) in [5.74, 6) is 1.26. The van der Waals surface area contributed by atoms with Gasteiger partial charge in [0.2, 0.25) is 5.96 Å². The number of guanidine groups is 1. The standard InChI is InChI=1S/C22H11F6N5/c23-21(24,25)14-8-4-12(5-9-14)18-29-16-2-1-3-17-30-19(32-20(31-18)33(16)17)13-6-10-15(11-7-13)22(26,27)28/h1-11H. The smallest absolute Gasteiger partial charge is 0.246 e. The fourth-order valence-electron chi connectivity index (χ4n) is 3.32. The summed E-state index contributed by atoms with van der Waals surface area (Å²) in [6.07, 6.45) is -3.94. The monoisotopic (exact) mass is 459 g/mol. The van der Waals surface area contributed by atoms with Gasteiger partial charge in [0, 0.05) is 11.1 Å². The molecule has 0 aliphatic carbocycles. The second-order valence-electron chi connectivity index (χ2n) is 7.12. The predicted octanol–water partition coefficient (Wildman–Crippen LogP) is 5.41. The zero-order valence-electron chi connectivity index (χ0n) is 16.4. The number of halogens is 6. The summed E-state index contributed by atoms with van der Waals surface area (Å²) < 4.78 is 77.2. The molecule has 0 amide bonds. The fraction of sp³-hybridized carbons (Fsp3) is 0.0909. The van der Waals surface area contributed by atoms with Crippen LogP contribution in [-0.4, -0.2) is 28.4 Å². The summed E-state index contributed by atoms with van der Waals surface area (Å²) in [6.45, 7) is 0. The Morgan fingerprint density at radius 2 is 1.12 bits per heavy atom. The van der Waals surface area contributed by atoms with E-state index in [2.05, 4.69) is 20.0 Å². The SMILES string of the molecule is FC(F)(F)c1ccc(C2=NC3=CC=CC4=NC(c5ccc(C(F)(F)F)cc5)=NC(=N2)N34)cc1. The molecule has 2 aromatic rings. The van der Waals surface area contributed by atoms with Crippen LogP contribution < -0.4 is 0 Å². The number of amidine groups is 3. The summed E-state index contributed by atoms with van der Waals surface area (Å²) >= 11 is 0. The summed E-state index contributed by atoms with van der Waals surface area (Å²) in [4.78, 5) is 19.1. The molecule has 0 aromatic heterocycles. The van der Waals surface area contributed by atoms with Crippen molar-refractivity contribution in [1.29, 1.82) is 0 Å². The molecule has 0 saturated heterocycles. The van der Waals surface area contributed by atoms with Gasteiger partial charge in [-0.3, -0.25) is 0 Å². The normalized spacial score (nSPS) is 17.5. The first-order chi connectivity index (χ1) is 15.6. The molecule has 3 aliphatic heterocycles. The van der Waals surface area contributed by atoms with Crippen LogP contribution in [0.3, 0.4) is 0 Å².